The summed E-state index contributed by atoms with van der Waals surface area (Å²) in [5, 5.41) is 3.18. The van der Waals surface area contributed by atoms with E-state index in [2.05, 4.69) is 5.32 Å². The maximum absolute atomic E-state index is 13.5. The van der Waals surface area contributed by atoms with Crippen LogP contribution in [0.15, 0.2) is 71.6 Å². The Labute approximate surface area is 197 Å². The summed E-state index contributed by atoms with van der Waals surface area (Å²) in [5.41, 5.74) is 2.11. The molecule has 1 aliphatic heterocycles. The van der Waals surface area contributed by atoms with Crippen molar-refractivity contribution in [3.05, 3.63) is 82.9 Å². The smallest absolute Gasteiger partial charge is 0.264 e. The number of anilines is 1. The lowest BCUT2D eigenvalue weighted by Gasteiger charge is -2.35. The molecule has 1 aliphatic rings. The Morgan fingerprint density at radius 3 is 2.48 bits per heavy atom. The van der Waals surface area contributed by atoms with Crippen LogP contribution in [0, 0.1) is 6.92 Å². The molecule has 0 radical (unpaired) electrons. The highest BCUT2D eigenvalue weighted by molar-refractivity contribution is 7.92. The number of rotatable bonds is 6. The molecule has 1 heterocycles. The monoisotopic (exact) mass is 486 g/mol. The highest BCUT2D eigenvalue weighted by atomic mass is 35.5. The standard InChI is InChI=1S/C24H23ClN2O5S/c1-16-3-10-20(11-4-16)33(29,30)27-15-23(32-22-12-7-18(25)13-21(22)27)24(28)26-14-17-5-8-19(31-2)9-6-17/h3-13,23H,14-15H2,1-2H3,(H,26,28)/t23-/m1/s1. The van der Waals surface area contributed by atoms with Crippen molar-refractivity contribution >= 4 is 33.2 Å². The summed E-state index contributed by atoms with van der Waals surface area (Å²) >= 11 is 6.13. The van der Waals surface area contributed by atoms with E-state index in [1.54, 1.807) is 55.6 Å². The Hall–Kier alpha value is -3.23. The largest absolute Gasteiger partial charge is 0.497 e. The summed E-state index contributed by atoms with van der Waals surface area (Å²) in [5.74, 6) is 0.564. The number of fused-ring (bicyclic) bond motifs is 1. The van der Waals surface area contributed by atoms with Gasteiger partial charge in [-0.1, -0.05) is 41.4 Å². The van der Waals surface area contributed by atoms with Crippen molar-refractivity contribution in [2.24, 2.45) is 0 Å². The molecule has 7 nitrogen and oxygen atoms in total. The van der Waals surface area contributed by atoms with Crippen LogP contribution in [0.25, 0.3) is 0 Å². The van der Waals surface area contributed by atoms with Gasteiger partial charge in [-0.3, -0.25) is 9.10 Å². The molecule has 0 unspecified atom stereocenters. The highest BCUT2D eigenvalue weighted by Crippen LogP contribution is 2.38. The maximum Gasteiger partial charge on any atom is 0.264 e. The average Bonchev–Trinajstić information content (AvgIpc) is 2.82. The Kier molecular flexibility index (Phi) is 6.49. The van der Waals surface area contributed by atoms with Gasteiger partial charge in [-0.15, -0.1) is 0 Å². The normalized spacial score (nSPS) is 15.4. The van der Waals surface area contributed by atoms with Crippen molar-refractivity contribution in [2.75, 3.05) is 18.0 Å². The SMILES string of the molecule is COc1ccc(CNC(=O)[C@H]2CN(S(=O)(=O)c3ccc(C)cc3)c3cc(Cl)ccc3O2)cc1. The van der Waals surface area contributed by atoms with Crippen LogP contribution in [0.3, 0.4) is 0 Å². The van der Waals surface area contributed by atoms with Crippen molar-refractivity contribution < 1.29 is 22.7 Å². The number of sulfonamides is 1. The number of halogens is 1. The van der Waals surface area contributed by atoms with Crippen LogP contribution in [-0.4, -0.2) is 34.1 Å². The molecule has 0 bridgehead atoms. The summed E-state index contributed by atoms with van der Waals surface area (Å²) in [6.45, 7) is 1.96. The van der Waals surface area contributed by atoms with Crippen molar-refractivity contribution in [3.63, 3.8) is 0 Å². The Bertz CT molecular complexity index is 1260. The summed E-state index contributed by atoms with van der Waals surface area (Å²) in [6, 6.07) is 18.5. The van der Waals surface area contributed by atoms with Crippen LogP contribution in [0.4, 0.5) is 5.69 Å². The second-order valence-electron chi connectivity index (χ2n) is 7.63. The quantitative estimate of drug-likeness (QED) is 0.570. The fraction of sp³-hybridized carbons (Fsp3) is 0.208. The van der Waals surface area contributed by atoms with Crippen molar-refractivity contribution in [3.8, 4) is 11.5 Å². The number of carbonyl (C=O) groups excluding carboxylic acids is 1. The minimum absolute atomic E-state index is 0.123. The molecule has 172 valence electrons. The minimum atomic E-state index is -3.95. The van der Waals surface area contributed by atoms with E-state index in [1.165, 1.54) is 10.4 Å². The number of aryl methyl sites for hydroxylation is 1. The highest BCUT2D eigenvalue weighted by Gasteiger charge is 2.37. The molecule has 1 N–H and O–H groups in total. The second-order valence-corrected chi connectivity index (χ2v) is 9.93. The van der Waals surface area contributed by atoms with Crippen LogP contribution in [-0.2, 0) is 21.4 Å². The molecule has 0 saturated heterocycles. The number of nitrogens with one attached hydrogen (secondary N) is 1. The molecular weight excluding hydrogens is 464 g/mol. The molecule has 0 fully saturated rings. The van der Waals surface area contributed by atoms with E-state index >= 15 is 0 Å². The number of nitrogens with zero attached hydrogens (tertiary/aromatic N) is 1. The van der Waals surface area contributed by atoms with Gasteiger partial charge in [0.1, 0.15) is 11.5 Å². The van der Waals surface area contributed by atoms with Gasteiger partial charge in [-0.25, -0.2) is 8.42 Å². The average molecular weight is 487 g/mol. The van der Waals surface area contributed by atoms with Gasteiger partial charge in [0.15, 0.2) is 6.10 Å². The molecule has 3 aromatic carbocycles. The molecule has 3 aromatic rings. The zero-order chi connectivity index (χ0) is 23.6. The predicted octanol–water partition coefficient (Wildman–Crippen LogP) is 3.93. The van der Waals surface area contributed by atoms with Crippen molar-refractivity contribution in [1.29, 1.82) is 0 Å². The molecule has 33 heavy (non-hydrogen) atoms. The van der Waals surface area contributed by atoms with Crippen LogP contribution >= 0.6 is 11.6 Å². The summed E-state index contributed by atoms with van der Waals surface area (Å²) in [4.78, 5) is 13.0. The Morgan fingerprint density at radius 2 is 1.82 bits per heavy atom. The predicted molar refractivity (Wildman–Crippen MR) is 126 cm³/mol. The lowest BCUT2D eigenvalue weighted by molar-refractivity contribution is -0.127. The third-order valence-corrected chi connectivity index (χ3v) is 7.35. The van der Waals surface area contributed by atoms with E-state index < -0.39 is 22.0 Å². The first-order chi connectivity index (χ1) is 15.8. The minimum Gasteiger partial charge on any atom is -0.497 e. The van der Waals surface area contributed by atoms with Crippen molar-refractivity contribution in [1.82, 2.24) is 5.32 Å². The third-order valence-electron chi connectivity index (χ3n) is 5.32. The van der Waals surface area contributed by atoms with E-state index in [4.69, 9.17) is 21.1 Å². The van der Waals surface area contributed by atoms with Crippen LogP contribution < -0.4 is 19.1 Å². The number of hydrogen-bond donors (Lipinski definition) is 1. The van der Waals surface area contributed by atoms with E-state index in [9.17, 15) is 13.2 Å². The van der Waals surface area contributed by atoms with Gasteiger partial charge < -0.3 is 14.8 Å². The van der Waals surface area contributed by atoms with Crippen LogP contribution in [0.2, 0.25) is 5.02 Å². The topological polar surface area (TPSA) is 84.9 Å². The summed E-state index contributed by atoms with van der Waals surface area (Å²) in [7, 11) is -2.37. The number of carbonyl (C=O) groups is 1. The molecule has 0 aliphatic carbocycles. The van der Waals surface area contributed by atoms with Gasteiger partial charge in [-0.05, 0) is 55.0 Å². The van der Waals surface area contributed by atoms with Crippen LogP contribution in [0.5, 0.6) is 11.5 Å². The molecular formula is C24H23ClN2O5S. The summed E-state index contributed by atoms with van der Waals surface area (Å²) < 4.78 is 39.1. The molecule has 0 aromatic heterocycles. The first-order valence-corrected chi connectivity index (χ1v) is 12.1. The number of hydrogen-bond acceptors (Lipinski definition) is 5. The zero-order valence-corrected chi connectivity index (χ0v) is 19.7. The zero-order valence-electron chi connectivity index (χ0n) is 18.1. The van der Waals surface area contributed by atoms with E-state index in [0.29, 0.717) is 16.5 Å². The van der Waals surface area contributed by atoms with E-state index in [-0.39, 0.29) is 23.7 Å². The van der Waals surface area contributed by atoms with E-state index in [1.807, 2.05) is 19.1 Å². The van der Waals surface area contributed by atoms with Gasteiger partial charge in [0.25, 0.3) is 15.9 Å². The fourth-order valence-electron chi connectivity index (χ4n) is 3.47. The van der Waals surface area contributed by atoms with Gasteiger partial charge >= 0.3 is 0 Å². The number of methoxy groups -OCH3 is 1. The lowest BCUT2D eigenvalue weighted by Crippen LogP contribution is -2.50. The Balaban J connectivity index is 1.59. The third kappa shape index (κ3) is 4.91. The molecule has 9 heteroatoms. The molecule has 1 amide bonds. The number of ether oxygens (including phenoxy) is 2. The molecule has 1 atom stereocenters. The van der Waals surface area contributed by atoms with Gasteiger partial charge in [0.2, 0.25) is 0 Å². The first kappa shape index (κ1) is 22.9. The second kappa shape index (κ2) is 9.33. The fourth-order valence-corrected chi connectivity index (χ4v) is 5.11. The first-order valence-electron chi connectivity index (χ1n) is 10.2. The van der Waals surface area contributed by atoms with E-state index in [0.717, 1.165) is 11.1 Å². The molecule has 0 saturated carbocycles. The molecule has 4 rings (SSSR count). The van der Waals surface area contributed by atoms with Gasteiger partial charge in [-0.2, -0.15) is 0 Å². The molecule has 0 spiro atoms. The Morgan fingerprint density at radius 1 is 1.12 bits per heavy atom. The summed E-state index contributed by atoms with van der Waals surface area (Å²) in [6.07, 6.45) is -1.03. The van der Waals surface area contributed by atoms with Gasteiger partial charge in [0.05, 0.1) is 24.2 Å². The van der Waals surface area contributed by atoms with Gasteiger partial charge in [0, 0.05) is 11.6 Å². The maximum atomic E-state index is 13.5. The lowest BCUT2D eigenvalue weighted by atomic mass is 10.2. The number of amides is 1. The van der Waals surface area contributed by atoms with Crippen LogP contribution in [0.1, 0.15) is 11.1 Å². The number of benzene rings is 3. The van der Waals surface area contributed by atoms with Crippen molar-refractivity contribution in [2.45, 2.75) is 24.5 Å².